The zero-order valence-electron chi connectivity index (χ0n) is 14.2. The molecule has 3 rings (SSSR count). The van der Waals surface area contributed by atoms with Gasteiger partial charge in [-0.25, -0.2) is 0 Å². The molecule has 0 amide bonds. The van der Waals surface area contributed by atoms with Crippen LogP contribution in [0.1, 0.15) is 49.5 Å². The Bertz CT molecular complexity index is 670. The lowest BCUT2D eigenvalue weighted by atomic mass is 9.98. The second-order valence-corrected chi connectivity index (χ2v) is 6.43. The SMILES string of the molecule is CCCC[C@@H](c1cn(C(C)=O)c2ccccc12)N1CCNCC1. The van der Waals surface area contributed by atoms with E-state index in [1.165, 1.54) is 23.8 Å². The largest absolute Gasteiger partial charge is 0.314 e. The van der Waals surface area contributed by atoms with Gasteiger partial charge in [-0.2, -0.15) is 0 Å². The molecular formula is C19H27N3O. The molecule has 4 heteroatoms. The molecule has 0 saturated carbocycles. The molecular weight excluding hydrogens is 286 g/mol. The van der Waals surface area contributed by atoms with Gasteiger partial charge in [-0.1, -0.05) is 38.0 Å². The van der Waals surface area contributed by atoms with Crippen LogP contribution in [0.4, 0.5) is 0 Å². The van der Waals surface area contributed by atoms with Gasteiger partial charge < -0.3 is 5.32 Å². The summed E-state index contributed by atoms with van der Waals surface area (Å²) in [5.41, 5.74) is 2.35. The van der Waals surface area contributed by atoms with E-state index in [-0.39, 0.29) is 5.91 Å². The highest BCUT2D eigenvalue weighted by atomic mass is 16.1. The summed E-state index contributed by atoms with van der Waals surface area (Å²) in [4.78, 5) is 14.6. The van der Waals surface area contributed by atoms with Gasteiger partial charge in [-0.15, -0.1) is 0 Å². The summed E-state index contributed by atoms with van der Waals surface area (Å²) in [6.45, 7) is 8.14. The van der Waals surface area contributed by atoms with Crippen LogP contribution in [0.3, 0.4) is 0 Å². The maximum atomic E-state index is 12.0. The van der Waals surface area contributed by atoms with Crippen molar-refractivity contribution in [1.82, 2.24) is 14.8 Å². The lowest BCUT2D eigenvalue weighted by Gasteiger charge is -2.35. The minimum atomic E-state index is 0.0852. The smallest absolute Gasteiger partial charge is 0.227 e. The van der Waals surface area contributed by atoms with Crippen molar-refractivity contribution in [1.29, 1.82) is 0 Å². The van der Waals surface area contributed by atoms with E-state index in [4.69, 9.17) is 0 Å². The van der Waals surface area contributed by atoms with Crippen LogP contribution in [0, 0.1) is 0 Å². The first-order chi connectivity index (χ1) is 11.2. The lowest BCUT2D eigenvalue weighted by molar-refractivity contribution is 0.0941. The molecule has 0 radical (unpaired) electrons. The van der Waals surface area contributed by atoms with Crippen molar-refractivity contribution in [2.24, 2.45) is 0 Å². The van der Waals surface area contributed by atoms with E-state index in [2.05, 4.69) is 41.5 Å². The molecule has 1 aromatic carbocycles. The van der Waals surface area contributed by atoms with Crippen molar-refractivity contribution in [2.45, 2.75) is 39.2 Å². The predicted molar refractivity (Wildman–Crippen MR) is 94.9 cm³/mol. The standard InChI is InChI=1S/C19H27N3O/c1-3-4-8-18(21-12-10-20-11-13-21)17-14-22(15(2)23)19-9-6-5-7-16(17)19/h5-7,9,14,18,20H,3-4,8,10-13H2,1-2H3/t18-/m0/s1. The maximum Gasteiger partial charge on any atom is 0.227 e. The number of carbonyl (C=O) groups excluding carboxylic acids is 1. The summed E-state index contributed by atoms with van der Waals surface area (Å²) in [7, 11) is 0. The first-order valence-electron chi connectivity index (χ1n) is 8.78. The van der Waals surface area contributed by atoms with E-state index in [1.807, 2.05) is 10.6 Å². The van der Waals surface area contributed by atoms with Gasteiger partial charge in [0.1, 0.15) is 0 Å². The number of piperazine rings is 1. The number of para-hydroxylation sites is 1. The fourth-order valence-corrected chi connectivity index (χ4v) is 3.66. The van der Waals surface area contributed by atoms with E-state index < -0.39 is 0 Å². The summed E-state index contributed by atoms with van der Waals surface area (Å²) >= 11 is 0. The summed E-state index contributed by atoms with van der Waals surface area (Å²) in [6.07, 6.45) is 5.65. The fourth-order valence-electron chi connectivity index (χ4n) is 3.66. The molecule has 4 nitrogen and oxygen atoms in total. The first-order valence-corrected chi connectivity index (χ1v) is 8.78. The Morgan fingerprint density at radius 2 is 2.00 bits per heavy atom. The van der Waals surface area contributed by atoms with Crippen LogP contribution in [-0.2, 0) is 0 Å². The molecule has 0 unspecified atom stereocenters. The van der Waals surface area contributed by atoms with Gasteiger partial charge in [-0.05, 0) is 18.1 Å². The third-order valence-corrected chi connectivity index (χ3v) is 4.86. The molecule has 1 N–H and O–H groups in total. The molecule has 0 spiro atoms. The van der Waals surface area contributed by atoms with Gasteiger partial charge in [0.15, 0.2) is 0 Å². The fraction of sp³-hybridized carbons (Fsp3) is 0.526. The quantitative estimate of drug-likeness (QED) is 0.919. The monoisotopic (exact) mass is 313 g/mol. The van der Waals surface area contributed by atoms with Crippen LogP contribution in [0.15, 0.2) is 30.5 Å². The van der Waals surface area contributed by atoms with Crippen LogP contribution >= 0.6 is 0 Å². The Morgan fingerprint density at radius 3 is 2.70 bits per heavy atom. The molecule has 1 fully saturated rings. The van der Waals surface area contributed by atoms with Crippen molar-refractivity contribution < 1.29 is 4.79 Å². The summed E-state index contributed by atoms with van der Waals surface area (Å²) in [6, 6.07) is 8.70. The van der Waals surface area contributed by atoms with E-state index in [1.54, 1.807) is 6.92 Å². The Kier molecular flexibility index (Phi) is 5.13. The molecule has 2 heterocycles. The number of carbonyl (C=O) groups is 1. The third-order valence-electron chi connectivity index (χ3n) is 4.86. The van der Waals surface area contributed by atoms with Crippen LogP contribution in [-0.4, -0.2) is 41.6 Å². The average Bonchev–Trinajstić information content (AvgIpc) is 2.96. The van der Waals surface area contributed by atoms with Gasteiger partial charge in [0.2, 0.25) is 5.91 Å². The Labute approximate surface area is 138 Å². The number of hydrogen-bond acceptors (Lipinski definition) is 3. The van der Waals surface area contributed by atoms with Gasteiger partial charge in [-0.3, -0.25) is 14.3 Å². The number of aromatic nitrogens is 1. The van der Waals surface area contributed by atoms with Crippen LogP contribution in [0.25, 0.3) is 10.9 Å². The van der Waals surface area contributed by atoms with Crippen LogP contribution in [0.5, 0.6) is 0 Å². The zero-order valence-corrected chi connectivity index (χ0v) is 14.2. The molecule has 124 valence electrons. The molecule has 1 saturated heterocycles. The number of fused-ring (bicyclic) bond motifs is 1. The molecule has 0 bridgehead atoms. The number of rotatable bonds is 5. The molecule has 0 aliphatic carbocycles. The molecule has 2 aromatic rings. The van der Waals surface area contributed by atoms with Crippen molar-refractivity contribution in [3.8, 4) is 0 Å². The number of hydrogen-bond donors (Lipinski definition) is 1. The highest BCUT2D eigenvalue weighted by Crippen LogP contribution is 2.33. The number of benzene rings is 1. The highest BCUT2D eigenvalue weighted by Gasteiger charge is 2.25. The predicted octanol–water partition coefficient (Wildman–Crippen LogP) is 3.44. The Balaban J connectivity index is 2.04. The molecule has 23 heavy (non-hydrogen) atoms. The van der Waals surface area contributed by atoms with Crippen molar-refractivity contribution in [3.05, 3.63) is 36.0 Å². The zero-order chi connectivity index (χ0) is 16.2. The van der Waals surface area contributed by atoms with Gasteiger partial charge >= 0.3 is 0 Å². The minimum Gasteiger partial charge on any atom is -0.314 e. The second kappa shape index (κ2) is 7.28. The van der Waals surface area contributed by atoms with E-state index in [0.717, 1.165) is 38.1 Å². The maximum absolute atomic E-state index is 12.0. The number of unbranched alkanes of at least 4 members (excludes halogenated alkanes) is 1. The molecule has 1 aliphatic rings. The third kappa shape index (κ3) is 3.33. The molecule has 1 aliphatic heterocycles. The summed E-state index contributed by atoms with van der Waals surface area (Å²) < 4.78 is 1.81. The summed E-state index contributed by atoms with van der Waals surface area (Å²) in [5.74, 6) is 0.0852. The van der Waals surface area contributed by atoms with E-state index in [9.17, 15) is 4.79 Å². The van der Waals surface area contributed by atoms with Gasteiger partial charge in [0, 0.05) is 50.7 Å². The lowest BCUT2D eigenvalue weighted by Crippen LogP contribution is -2.45. The summed E-state index contributed by atoms with van der Waals surface area (Å²) in [5, 5.41) is 4.66. The topological polar surface area (TPSA) is 37.3 Å². The normalized spacial score (nSPS) is 17.5. The number of nitrogens with one attached hydrogen (secondary N) is 1. The minimum absolute atomic E-state index is 0.0852. The Morgan fingerprint density at radius 1 is 1.26 bits per heavy atom. The van der Waals surface area contributed by atoms with Gasteiger partial charge in [0.25, 0.3) is 0 Å². The molecule has 1 aromatic heterocycles. The molecule has 1 atom stereocenters. The van der Waals surface area contributed by atoms with Crippen LogP contribution < -0.4 is 5.32 Å². The average molecular weight is 313 g/mol. The van der Waals surface area contributed by atoms with Crippen LogP contribution in [0.2, 0.25) is 0 Å². The van der Waals surface area contributed by atoms with Crippen molar-refractivity contribution >= 4 is 16.8 Å². The Hall–Kier alpha value is -1.65. The first kappa shape index (κ1) is 16.2. The van der Waals surface area contributed by atoms with E-state index in [0.29, 0.717) is 6.04 Å². The number of nitrogens with zero attached hydrogens (tertiary/aromatic N) is 2. The van der Waals surface area contributed by atoms with Crippen molar-refractivity contribution in [2.75, 3.05) is 26.2 Å². The van der Waals surface area contributed by atoms with E-state index >= 15 is 0 Å². The second-order valence-electron chi connectivity index (χ2n) is 6.43. The highest BCUT2D eigenvalue weighted by molar-refractivity contribution is 5.93. The van der Waals surface area contributed by atoms with Gasteiger partial charge in [0.05, 0.1) is 5.52 Å². The van der Waals surface area contributed by atoms with Crippen molar-refractivity contribution in [3.63, 3.8) is 0 Å².